The third-order valence-corrected chi connectivity index (χ3v) is 2.08. The Morgan fingerprint density at radius 3 is 2.31 bits per heavy atom. The van der Waals surface area contributed by atoms with Crippen molar-refractivity contribution in [1.29, 1.82) is 0 Å². The lowest BCUT2D eigenvalue weighted by Crippen LogP contribution is -2.11. The molecule has 88 valence electrons. The Kier molecular flexibility index (Phi) is 4.24. The molecule has 5 heteroatoms. The molecule has 0 aromatic heterocycles. The summed E-state index contributed by atoms with van der Waals surface area (Å²) in [6.07, 6.45) is -3.72. The summed E-state index contributed by atoms with van der Waals surface area (Å²) in [6, 6.07) is 5.42. The van der Waals surface area contributed by atoms with Gasteiger partial charge in [0, 0.05) is 5.02 Å². The van der Waals surface area contributed by atoms with Crippen molar-refractivity contribution in [3.8, 4) is 0 Å². The second-order valence-electron chi connectivity index (χ2n) is 2.99. The molecular formula is C11H10ClF3O. The molecule has 0 bridgehead atoms. The number of ether oxygens (including phenoxy) is 1. The lowest BCUT2D eigenvalue weighted by atomic mass is 10.1. The highest BCUT2D eigenvalue weighted by Crippen LogP contribution is 2.34. The lowest BCUT2D eigenvalue weighted by molar-refractivity contribution is -0.0703. The van der Waals surface area contributed by atoms with Crippen molar-refractivity contribution in [3.63, 3.8) is 0 Å². The van der Waals surface area contributed by atoms with Crippen LogP contribution in [0.4, 0.5) is 13.2 Å². The van der Waals surface area contributed by atoms with Gasteiger partial charge in [0.1, 0.15) is 0 Å². The Labute approximate surface area is 96.5 Å². The molecule has 1 nitrogen and oxygen atoms in total. The van der Waals surface area contributed by atoms with Crippen molar-refractivity contribution >= 4 is 17.2 Å². The summed E-state index contributed by atoms with van der Waals surface area (Å²) >= 11 is 5.60. The Hall–Kier alpha value is -1.16. The number of hydrogen-bond donors (Lipinski definition) is 0. The molecule has 0 heterocycles. The van der Waals surface area contributed by atoms with Gasteiger partial charge in [-0.05, 0) is 24.6 Å². The molecule has 1 rings (SSSR count). The number of halogens is 4. The Bertz CT molecular complexity index is 368. The van der Waals surface area contributed by atoms with Crippen LogP contribution in [0.2, 0.25) is 5.02 Å². The SMILES string of the molecule is CCO/C=C(\c1ccc(Cl)cc1)C(F)(F)F. The van der Waals surface area contributed by atoms with Crippen LogP contribution in [0.5, 0.6) is 0 Å². The van der Waals surface area contributed by atoms with Gasteiger partial charge in [-0.2, -0.15) is 13.2 Å². The Balaban J connectivity index is 3.07. The van der Waals surface area contributed by atoms with Gasteiger partial charge in [-0.25, -0.2) is 0 Å². The zero-order chi connectivity index (χ0) is 12.2. The molecule has 1 aromatic rings. The van der Waals surface area contributed by atoms with Crippen LogP contribution in [-0.4, -0.2) is 12.8 Å². The number of hydrogen-bond acceptors (Lipinski definition) is 1. The number of rotatable bonds is 3. The Morgan fingerprint density at radius 1 is 1.31 bits per heavy atom. The smallest absolute Gasteiger partial charge is 0.419 e. The summed E-state index contributed by atoms with van der Waals surface area (Å²) in [4.78, 5) is 0. The van der Waals surface area contributed by atoms with E-state index in [0.717, 1.165) is 6.26 Å². The van der Waals surface area contributed by atoms with E-state index in [1.165, 1.54) is 24.3 Å². The van der Waals surface area contributed by atoms with Crippen LogP contribution < -0.4 is 0 Å². The molecule has 0 aliphatic carbocycles. The highest BCUT2D eigenvalue weighted by molar-refractivity contribution is 6.30. The summed E-state index contributed by atoms with van der Waals surface area (Å²) in [5.74, 6) is 0. The maximum absolute atomic E-state index is 12.6. The van der Waals surface area contributed by atoms with E-state index in [9.17, 15) is 13.2 Å². The van der Waals surface area contributed by atoms with Crippen LogP contribution in [0, 0.1) is 0 Å². The minimum atomic E-state index is -4.44. The maximum atomic E-state index is 12.6. The van der Waals surface area contributed by atoms with E-state index in [0.29, 0.717) is 5.02 Å². The van der Waals surface area contributed by atoms with Crippen molar-refractivity contribution in [2.24, 2.45) is 0 Å². The summed E-state index contributed by atoms with van der Waals surface area (Å²) in [5, 5.41) is 0.390. The van der Waals surface area contributed by atoms with Gasteiger partial charge in [-0.1, -0.05) is 23.7 Å². The van der Waals surface area contributed by atoms with Crippen molar-refractivity contribution in [2.45, 2.75) is 13.1 Å². The van der Waals surface area contributed by atoms with Crippen molar-refractivity contribution in [3.05, 3.63) is 41.1 Å². The first kappa shape index (κ1) is 12.9. The molecule has 0 aliphatic rings. The zero-order valence-electron chi connectivity index (χ0n) is 8.51. The van der Waals surface area contributed by atoms with Gasteiger partial charge in [0.05, 0.1) is 18.4 Å². The molecule has 0 N–H and O–H groups in total. The van der Waals surface area contributed by atoms with Crippen LogP contribution in [0.1, 0.15) is 12.5 Å². The first-order valence-corrected chi connectivity index (χ1v) is 4.98. The van der Waals surface area contributed by atoms with Crippen molar-refractivity contribution in [1.82, 2.24) is 0 Å². The minimum Gasteiger partial charge on any atom is -0.501 e. The molecule has 0 saturated heterocycles. The van der Waals surface area contributed by atoms with Gasteiger partial charge in [0.2, 0.25) is 0 Å². The van der Waals surface area contributed by atoms with Crippen molar-refractivity contribution < 1.29 is 17.9 Å². The van der Waals surface area contributed by atoms with E-state index < -0.39 is 11.7 Å². The molecule has 16 heavy (non-hydrogen) atoms. The average Bonchev–Trinajstić information content (AvgIpc) is 2.19. The summed E-state index contributed by atoms with van der Waals surface area (Å²) in [5.41, 5.74) is -0.781. The standard InChI is InChI=1S/C11H10ClF3O/c1-2-16-7-10(11(13,14)15)8-3-5-9(12)6-4-8/h3-7H,2H2,1H3/b10-7+. The van der Waals surface area contributed by atoms with Gasteiger partial charge in [-0.3, -0.25) is 0 Å². The van der Waals surface area contributed by atoms with E-state index >= 15 is 0 Å². The topological polar surface area (TPSA) is 9.23 Å². The third kappa shape index (κ3) is 3.45. The van der Waals surface area contributed by atoms with Gasteiger partial charge in [0.15, 0.2) is 0 Å². The fraction of sp³-hybridized carbons (Fsp3) is 0.273. The summed E-state index contributed by atoms with van der Waals surface area (Å²) in [7, 11) is 0. The monoisotopic (exact) mass is 250 g/mol. The zero-order valence-corrected chi connectivity index (χ0v) is 9.27. The second-order valence-corrected chi connectivity index (χ2v) is 3.43. The fourth-order valence-corrected chi connectivity index (χ4v) is 1.22. The quantitative estimate of drug-likeness (QED) is 0.728. The average molecular weight is 251 g/mol. The van der Waals surface area contributed by atoms with E-state index in [2.05, 4.69) is 0 Å². The molecule has 0 amide bonds. The van der Waals surface area contributed by atoms with Crippen LogP contribution in [0.3, 0.4) is 0 Å². The Morgan fingerprint density at radius 2 is 1.88 bits per heavy atom. The number of alkyl halides is 3. The molecule has 0 unspecified atom stereocenters. The van der Waals surface area contributed by atoms with E-state index in [1.807, 2.05) is 0 Å². The normalized spacial score (nSPS) is 12.7. The number of allylic oxidation sites excluding steroid dienone is 1. The summed E-state index contributed by atoms with van der Waals surface area (Å²) in [6.45, 7) is 1.81. The molecule has 0 radical (unpaired) electrons. The van der Waals surface area contributed by atoms with E-state index in [4.69, 9.17) is 16.3 Å². The van der Waals surface area contributed by atoms with Gasteiger partial charge >= 0.3 is 6.18 Å². The van der Waals surface area contributed by atoms with Gasteiger partial charge in [-0.15, -0.1) is 0 Å². The molecule has 0 saturated carbocycles. The van der Waals surface area contributed by atoms with Gasteiger partial charge in [0.25, 0.3) is 0 Å². The summed E-state index contributed by atoms with van der Waals surface area (Å²) < 4.78 is 42.6. The first-order chi connectivity index (χ1) is 7.45. The highest BCUT2D eigenvalue weighted by Gasteiger charge is 2.35. The van der Waals surface area contributed by atoms with Crippen LogP contribution in [0.25, 0.3) is 5.57 Å². The molecule has 0 aliphatic heterocycles. The lowest BCUT2D eigenvalue weighted by Gasteiger charge is -2.11. The molecule has 1 aromatic carbocycles. The fourth-order valence-electron chi connectivity index (χ4n) is 1.09. The van der Waals surface area contributed by atoms with Crippen LogP contribution in [-0.2, 0) is 4.74 Å². The second kappa shape index (κ2) is 5.25. The molecule has 0 atom stereocenters. The van der Waals surface area contributed by atoms with E-state index in [1.54, 1.807) is 6.92 Å². The van der Waals surface area contributed by atoms with Crippen molar-refractivity contribution in [2.75, 3.05) is 6.61 Å². The van der Waals surface area contributed by atoms with E-state index in [-0.39, 0.29) is 12.2 Å². The highest BCUT2D eigenvalue weighted by atomic mass is 35.5. The third-order valence-electron chi connectivity index (χ3n) is 1.83. The van der Waals surface area contributed by atoms with Crippen LogP contribution >= 0.6 is 11.6 Å². The van der Waals surface area contributed by atoms with Gasteiger partial charge < -0.3 is 4.74 Å². The maximum Gasteiger partial charge on any atom is 0.419 e. The predicted molar refractivity (Wildman–Crippen MR) is 57.1 cm³/mol. The predicted octanol–water partition coefficient (Wildman–Crippen LogP) is 4.28. The molecule has 0 fully saturated rings. The molecular weight excluding hydrogens is 241 g/mol. The van der Waals surface area contributed by atoms with Crippen LogP contribution in [0.15, 0.2) is 30.5 Å². The first-order valence-electron chi connectivity index (χ1n) is 4.60. The minimum absolute atomic E-state index is 0.0327. The molecule has 0 spiro atoms. The number of benzene rings is 1. The largest absolute Gasteiger partial charge is 0.501 e.